The Bertz CT molecular complexity index is 409. The molecule has 110 valence electrons. The molecule has 0 fully saturated rings. The van der Waals surface area contributed by atoms with Crippen LogP contribution in [-0.4, -0.2) is 14.2 Å². The van der Waals surface area contributed by atoms with Gasteiger partial charge in [0.1, 0.15) is 6.54 Å². The fourth-order valence-corrected chi connectivity index (χ4v) is 1.98. The minimum Gasteiger partial charge on any atom is -0.205 e. The molecule has 4 nitrogen and oxygen atoms in total. The Morgan fingerprint density at radius 2 is 1.63 bits per heavy atom. The quantitative estimate of drug-likeness (QED) is 0.726. The van der Waals surface area contributed by atoms with Crippen LogP contribution in [0.5, 0.6) is 0 Å². The number of rotatable bonds is 7. The summed E-state index contributed by atoms with van der Waals surface area (Å²) in [5.41, 5.74) is 0. The van der Waals surface area contributed by atoms with Crippen molar-refractivity contribution in [2.45, 2.75) is 46.1 Å². The van der Waals surface area contributed by atoms with Gasteiger partial charge < -0.3 is 0 Å². The summed E-state index contributed by atoms with van der Waals surface area (Å²) in [6, 6.07) is 6.17. The van der Waals surface area contributed by atoms with Crippen LogP contribution in [0.2, 0.25) is 0 Å². The van der Waals surface area contributed by atoms with E-state index < -0.39 is 10.1 Å². The van der Waals surface area contributed by atoms with Crippen LogP contribution in [0.1, 0.15) is 39.5 Å². The molecule has 6 heteroatoms. The third-order valence-corrected chi connectivity index (χ3v) is 3.37. The van der Waals surface area contributed by atoms with Crippen molar-refractivity contribution in [2.24, 2.45) is 0 Å². The van der Waals surface area contributed by atoms with Gasteiger partial charge in [-0.1, -0.05) is 37.1 Å². The first-order valence-corrected chi connectivity index (χ1v) is 8.10. The molecule has 1 rings (SSSR count). The maximum Gasteiger partial charge on any atom is 0.297 e. The summed E-state index contributed by atoms with van der Waals surface area (Å²) in [6.45, 7) is 5.18. The Hall–Kier alpha value is -1.01. The van der Waals surface area contributed by atoms with Gasteiger partial charge in [-0.05, 0) is 10.9 Å². The van der Waals surface area contributed by atoms with Gasteiger partial charge in [0.25, 0.3) is 10.1 Å². The monoisotopic (exact) mass is 292 g/mol. The van der Waals surface area contributed by atoms with Crippen LogP contribution < -0.4 is 4.57 Å². The fraction of sp³-hybridized carbons (Fsp3) is 0.615. The van der Waals surface area contributed by atoms with Crippen LogP contribution in [0.3, 0.4) is 0 Å². The Balaban J connectivity index is 0.000000344. The second-order valence-electron chi connectivity index (χ2n) is 4.15. The average molecular weight is 292 g/mol. The van der Waals surface area contributed by atoms with Gasteiger partial charge in [0.05, 0.1) is 5.75 Å². The Morgan fingerprint density at radius 1 is 1.05 bits per heavy atom. The van der Waals surface area contributed by atoms with E-state index in [9.17, 15) is 12.9 Å². The molecule has 0 atom stereocenters. The van der Waals surface area contributed by atoms with E-state index in [1.807, 2.05) is 13.0 Å². The first-order valence-electron chi connectivity index (χ1n) is 6.52. The minimum atomic E-state index is -3.85. The minimum absolute atomic E-state index is 0.236. The van der Waals surface area contributed by atoms with Crippen molar-refractivity contribution < 1.29 is 21.9 Å². The Labute approximate surface area is 115 Å². The molecule has 1 heterocycles. The standard InChI is InChI=1S/C9H14N.C4H9FO3S/c1-2-3-7-10-8-5-4-6-9-10;1-2-3-4-9(6,7)8-5/h4-6,8-9H,2-3,7H2,1H3;2-4H2,1H3/q+1;. The number of nitrogens with zero attached hydrogens (tertiary/aromatic N) is 1. The number of pyridine rings is 1. The molecule has 1 aromatic heterocycles. The Kier molecular flexibility index (Phi) is 10.3. The number of aryl methyl sites for hydroxylation is 1. The van der Waals surface area contributed by atoms with Crippen LogP contribution >= 0.6 is 0 Å². The maximum absolute atomic E-state index is 11.0. The van der Waals surface area contributed by atoms with Gasteiger partial charge in [0.15, 0.2) is 12.4 Å². The number of hydrogen-bond acceptors (Lipinski definition) is 3. The van der Waals surface area contributed by atoms with E-state index in [1.165, 1.54) is 12.8 Å². The molecule has 0 N–H and O–H groups in total. The van der Waals surface area contributed by atoms with E-state index in [4.69, 9.17) is 0 Å². The Morgan fingerprint density at radius 3 is 2.11 bits per heavy atom. The smallest absolute Gasteiger partial charge is 0.205 e. The lowest BCUT2D eigenvalue weighted by Crippen LogP contribution is -2.31. The molecule has 0 saturated carbocycles. The highest BCUT2D eigenvalue weighted by molar-refractivity contribution is 7.86. The summed E-state index contributed by atoms with van der Waals surface area (Å²) in [6.07, 6.45) is 7.90. The van der Waals surface area contributed by atoms with Gasteiger partial charge >= 0.3 is 0 Å². The topological polar surface area (TPSA) is 47.3 Å². The van der Waals surface area contributed by atoms with Gasteiger partial charge in [-0.15, -0.1) is 0 Å². The second kappa shape index (κ2) is 10.9. The van der Waals surface area contributed by atoms with E-state index in [0.29, 0.717) is 12.8 Å². The van der Waals surface area contributed by atoms with Crippen molar-refractivity contribution in [3.8, 4) is 0 Å². The van der Waals surface area contributed by atoms with Gasteiger partial charge in [0, 0.05) is 18.6 Å². The van der Waals surface area contributed by atoms with Crippen LogP contribution in [-0.2, 0) is 21.1 Å². The predicted octanol–water partition coefficient (Wildman–Crippen LogP) is 2.79. The lowest BCUT2D eigenvalue weighted by molar-refractivity contribution is -0.697. The molecule has 0 aromatic carbocycles. The van der Waals surface area contributed by atoms with E-state index in [1.54, 1.807) is 0 Å². The molecule has 19 heavy (non-hydrogen) atoms. The summed E-state index contributed by atoms with van der Waals surface area (Å²) < 4.78 is 36.3. The number of unbranched alkanes of at least 4 members (excludes halogenated alkanes) is 2. The third-order valence-electron chi connectivity index (χ3n) is 2.39. The summed E-state index contributed by atoms with van der Waals surface area (Å²) in [5, 5.41) is 0. The first-order chi connectivity index (χ1) is 9.05. The van der Waals surface area contributed by atoms with E-state index in [-0.39, 0.29) is 5.75 Å². The van der Waals surface area contributed by atoms with E-state index in [0.717, 1.165) is 6.54 Å². The summed E-state index contributed by atoms with van der Waals surface area (Å²) in [5.74, 6) is -0.236. The van der Waals surface area contributed by atoms with Gasteiger partial charge in [0.2, 0.25) is 0 Å². The number of aromatic nitrogens is 1. The summed E-state index contributed by atoms with van der Waals surface area (Å²) in [7, 11) is -3.85. The van der Waals surface area contributed by atoms with Crippen molar-refractivity contribution >= 4 is 10.1 Å². The van der Waals surface area contributed by atoms with Crippen LogP contribution in [0.4, 0.5) is 4.53 Å². The zero-order valence-corrected chi connectivity index (χ0v) is 12.4. The zero-order chi connectivity index (χ0) is 14.6. The van der Waals surface area contributed by atoms with Crippen molar-refractivity contribution in [2.75, 3.05) is 5.75 Å². The van der Waals surface area contributed by atoms with Crippen molar-refractivity contribution in [3.63, 3.8) is 0 Å². The lowest BCUT2D eigenvalue weighted by atomic mass is 10.3. The number of halogens is 1. The van der Waals surface area contributed by atoms with E-state index in [2.05, 4.69) is 40.4 Å². The molecule has 0 radical (unpaired) electrons. The number of hydrogen-bond donors (Lipinski definition) is 0. The highest BCUT2D eigenvalue weighted by Crippen LogP contribution is 1.98. The predicted molar refractivity (Wildman–Crippen MR) is 72.4 cm³/mol. The maximum atomic E-state index is 11.0. The van der Waals surface area contributed by atoms with Crippen molar-refractivity contribution in [1.29, 1.82) is 0 Å². The highest BCUT2D eigenvalue weighted by atomic mass is 32.2. The normalized spacial score (nSPS) is 10.7. The molecule has 0 aliphatic heterocycles. The van der Waals surface area contributed by atoms with Gasteiger partial charge in [-0.3, -0.25) is 0 Å². The van der Waals surface area contributed by atoms with Crippen LogP contribution in [0.25, 0.3) is 0 Å². The molecule has 0 bridgehead atoms. The molecular formula is C13H23FNO3S+. The van der Waals surface area contributed by atoms with Crippen LogP contribution in [0, 0.1) is 0 Å². The molecule has 0 saturated heterocycles. The average Bonchev–Trinajstić information content (AvgIpc) is 2.45. The summed E-state index contributed by atoms with van der Waals surface area (Å²) in [4.78, 5) is 0. The molecule has 0 spiro atoms. The first kappa shape index (κ1) is 18.0. The molecule has 1 aromatic rings. The van der Waals surface area contributed by atoms with Gasteiger partial charge in [-0.2, -0.15) is 8.42 Å². The highest BCUT2D eigenvalue weighted by Gasteiger charge is 2.08. The molecule has 0 aliphatic rings. The summed E-state index contributed by atoms with van der Waals surface area (Å²) >= 11 is 0. The van der Waals surface area contributed by atoms with E-state index >= 15 is 0 Å². The molecule has 0 aliphatic carbocycles. The third kappa shape index (κ3) is 10.6. The largest absolute Gasteiger partial charge is 0.297 e. The van der Waals surface area contributed by atoms with Crippen LogP contribution in [0.15, 0.2) is 30.6 Å². The molecule has 0 amide bonds. The second-order valence-corrected chi connectivity index (χ2v) is 5.79. The molecular weight excluding hydrogens is 269 g/mol. The van der Waals surface area contributed by atoms with Crippen molar-refractivity contribution in [3.05, 3.63) is 30.6 Å². The molecule has 0 unspecified atom stereocenters. The SMILES string of the molecule is CCCCS(=O)(=O)OF.CCCC[n+]1ccccc1. The van der Waals surface area contributed by atoms with Crippen molar-refractivity contribution in [1.82, 2.24) is 0 Å². The zero-order valence-electron chi connectivity index (χ0n) is 11.6. The fourth-order valence-electron chi connectivity index (χ4n) is 1.28. The lowest BCUT2D eigenvalue weighted by Gasteiger charge is -1.92. The van der Waals surface area contributed by atoms with Gasteiger partial charge in [-0.25, -0.2) is 4.57 Å².